The van der Waals surface area contributed by atoms with Crippen molar-refractivity contribution in [2.45, 2.75) is 6.54 Å². The van der Waals surface area contributed by atoms with Crippen LogP contribution in [0.15, 0.2) is 51.4 Å². The van der Waals surface area contributed by atoms with Crippen molar-refractivity contribution in [2.24, 2.45) is 5.73 Å². The summed E-state index contributed by atoms with van der Waals surface area (Å²) in [6.07, 6.45) is 0. The average molecular weight is 414 g/mol. The molecule has 0 aliphatic rings. The second-order valence-corrected chi connectivity index (χ2v) is 6.15. The van der Waals surface area contributed by atoms with E-state index in [1.807, 2.05) is 42.5 Å². The highest BCUT2D eigenvalue weighted by molar-refractivity contribution is 9.11. The van der Waals surface area contributed by atoms with Crippen LogP contribution >= 0.6 is 31.9 Å². The molecule has 0 unspecified atom stereocenters. The number of rotatable bonds is 6. The van der Waals surface area contributed by atoms with E-state index >= 15 is 0 Å². The van der Waals surface area contributed by atoms with Crippen LogP contribution in [-0.4, -0.2) is 12.5 Å². The largest absolute Gasteiger partial charge is 0.484 e. The molecule has 0 saturated heterocycles. The number of halogens is 2. The zero-order chi connectivity index (χ0) is 15.2. The van der Waals surface area contributed by atoms with E-state index in [-0.39, 0.29) is 6.61 Å². The number of benzene rings is 2. The van der Waals surface area contributed by atoms with Gasteiger partial charge in [-0.25, -0.2) is 0 Å². The lowest BCUT2D eigenvalue weighted by molar-refractivity contribution is -0.119. The summed E-state index contributed by atoms with van der Waals surface area (Å²) in [5, 5.41) is 3.34. The molecule has 2 aromatic rings. The molecule has 2 aromatic carbocycles. The Morgan fingerprint density at radius 3 is 2.48 bits per heavy atom. The van der Waals surface area contributed by atoms with Gasteiger partial charge in [-0.2, -0.15) is 0 Å². The molecular formula is C15H14Br2N2O2. The van der Waals surface area contributed by atoms with Gasteiger partial charge in [-0.3, -0.25) is 4.79 Å². The Balaban J connectivity index is 1.92. The third-order valence-electron chi connectivity index (χ3n) is 2.72. The minimum atomic E-state index is -0.485. The molecule has 0 fully saturated rings. The fraction of sp³-hybridized carbons (Fsp3) is 0.133. The summed E-state index contributed by atoms with van der Waals surface area (Å²) in [6, 6.07) is 13.5. The van der Waals surface area contributed by atoms with Crippen molar-refractivity contribution >= 4 is 43.5 Å². The minimum Gasteiger partial charge on any atom is -0.484 e. The normalized spacial score (nSPS) is 10.2. The smallest absolute Gasteiger partial charge is 0.255 e. The highest BCUT2D eigenvalue weighted by atomic mass is 79.9. The van der Waals surface area contributed by atoms with Crippen LogP contribution < -0.4 is 15.8 Å². The van der Waals surface area contributed by atoms with Crippen LogP contribution in [0, 0.1) is 0 Å². The minimum absolute atomic E-state index is 0.108. The van der Waals surface area contributed by atoms with E-state index in [0.717, 1.165) is 20.2 Å². The summed E-state index contributed by atoms with van der Waals surface area (Å²) in [4.78, 5) is 10.6. The summed E-state index contributed by atoms with van der Waals surface area (Å²) in [6.45, 7) is 0.583. The highest BCUT2D eigenvalue weighted by Gasteiger charge is 2.01. The van der Waals surface area contributed by atoms with Crippen LogP contribution in [0.1, 0.15) is 5.56 Å². The predicted molar refractivity (Wildman–Crippen MR) is 90.3 cm³/mol. The fourth-order valence-electron chi connectivity index (χ4n) is 1.69. The van der Waals surface area contributed by atoms with E-state index in [0.29, 0.717) is 12.3 Å². The number of hydrogen-bond acceptors (Lipinski definition) is 3. The quantitative estimate of drug-likeness (QED) is 0.758. The monoisotopic (exact) mass is 412 g/mol. The molecular weight excluding hydrogens is 400 g/mol. The first-order valence-corrected chi connectivity index (χ1v) is 7.82. The SMILES string of the molecule is NC(=O)COc1ccc(CNc2ccc(Br)cc2Br)cc1. The first kappa shape index (κ1) is 15.9. The van der Waals surface area contributed by atoms with Crippen LogP contribution in [0.3, 0.4) is 0 Å². The first-order chi connectivity index (χ1) is 10.0. The van der Waals surface area contributed by atoms with Crippen molar-refractivity contribution in [3.63, 3.8) is 0 Å². The van der Waals surface area contributed by atoms with Gasteiger partial charge in [-0.1, -0.05) is 28.1 Å². The van der Waals surface area contributed by atoms with Gasteiger partial charge in [-0.15, -0.1) is 0 Å². The molecule has 0 aromatic heterocycles. The van der Waals surface area contributed by atoms with Crippen molar-refractivity contribution in [3.8, 4) is 5.75 Å². The lowest BCUT2D eigenvalue weighted by atomic mass is 10.2. The molecule has 0 bridgehead atoms. The van der Waals surface area contributed by atoms with Gasteiger partial charge in [0, 0.05) is 21.2 Å². The number of nitrogens with two attached hydrogens (primary N) is 1. The predicted octanol–water partition coefficient (Wildman–Crippen LogP) is 3.69. The van der Waals surface area contributed by atoms with E-state index in [9.17, 15) is 4.79 Å². The highest BCUT2D eigenvalue weighted by Crippen LogP contribution is 2.26. The van der Waals surface area contributed by atoms with Crippen LogP contribution in [-0.2, 0) is 11.3 Å². The Morgan fingerprint density at radius 2 is 1.86 bits per heavy atom. The van der Waals surface area contributed by atoms with Gasteiger partial charge >= 0.3 is 0 Å². The van der Waals surface area contributed by atoms with Crippen molar-refractivity contribution in [2.75, 3.05) is 11.9 Å². The molecule has 0 aliphatic heterocycles. The number of amides is 1. The van der Waals surface area contributed by atoms with Gasteiger partial charge < -0.3 is 15.8 Å². The zero-order valence-corrected chi connectivity index (χ0v) is 14.3. The van der Waals surface area contributed by atoms with Crippen molar-refractivity contribution in [1.29, 1.82) is 0 Å². The topological polar surface area (TPSA) is 64.4 Å². The van der Waals surface area contributed by atoms with Crippen molar-refractivity contribution in [3.05, 3.63) is 57.0 Å². The van der Waals surface area contributed by atoms with E-state index in [1.165, 1.54) is 0 Å². The second-order valence-electron chi connectivity index (χ2n) is 4.38. The Labute approximate surface area is 139 Å². The molecule has 0 atom stereocenters. The van der Waals surface area contributed by atoms with Gasteiger partial charge in [0.2, 0.25) is 0 Å². The molecule has 2 rings (SSSR count). The van der Waals surface area contributed by atoms with Crippen LogP contribution in [0.4, 0.5) is 5.69 Å². The molecule has 1 amide bonds. The number of carbonyl (C=O) groups excluding carboxylic acids is 1. The Hall–Kier alpha value is -1.53. The van der Waals surface area contributed by atoms with E-state index in [2.05, 4.69) is 37.2 Å². The summed E-state index contributed by atoms with van der Waals surface area (Å²) < 4.78 is 7.23. The van der Waals surface area contributed by atoms with Gasteiger partial charge in [0.1, 0.15) is 5.75 Å². The number of ether oxygens (including phenoxy) is 1. The number of nitrogens with one attached hydrogen (secondary N) is 1. The molecule has 110 valence electrons. The molecule has 4 nitrogen and oxygen atoms in total. The molecule has 21 heavy (non-hydrogen) atoms. The molecule has 0 aliphatic carbocycles. The summed E-state index contributed by atoms with van der Waals surface area (Å²) in [7, 11) is 0. The summed E-state index contributed by atoms with van der Waals surface area (Å²) in [5.74, 6) is 0.142. The van der Waals surface area contributed by atoms with Crippen molar-refractivity contribution < 1.29 is 9.53 Å². The Morgan fingerprint density at radius 1 is 1.14 bits per heavy atom. The Kier molecular flexibility index (Phi) is 5.64. The number of hydrogen-bond donors (Lipinski definition) is 2. The lowest BCUT2D eigenvalue weighted by Gasteiger charge is -2.10. The Bertz CT molecular complexity index is 630. The molecule has 0 heterocycles. The summed E-state index contributed by atoms with van der Waals surface area (Å²) >= 11 is 6.93. The average Bonchev–Trinajstić information content (AvgIpc) is 2.45. The maximum absolute atomic E-state index is 10.6. The second kappa shape index (κ2) is 7.47. The fourth-order valence-corrected chi connectivity index (χ4v) is 2.88. The van der Waals surface area contributed by atoms with Gasteiger partial charge in [0.15, 0.2) is 6.61 Å². The van der Waals surface area contributed by atoms with Gasteiger partial charge in [0.25, 0.3) is 5.91 Å². The molecule has 0 saturated carbocycles. The first-order valence-electron chi connectivity index (χ1n) is 6.23. The number of primary amides is 1. The standard InChI is InChI=1S/C15H14Br2N2O2/c16-11-3-6-14(13(17)7-11)19-8-10-1-4-12(5-2-10)21-9-15(18)20/h1-7,19H,8-9H2,(H2,18,20). The number of carbonyl (C=O) groups is 1. The molecule has 0 radical (unpaired) electrons. The third-order valence-corrected chi connectivity index (χ3v) is 3.87. The zero-order valence-electron chi connectivity index (χ0n) is 11.1. The van der Waals surface area contributed by atoms with E-state index in [1.54, 1.807) is 0 Å². The lowest BCUT2D eigenvalue weighted by Crippen LogP contribution is -2.19. The maximum atomic E-state index is 10.6. The van der Waals surface area contributed by atoms with Crippen LogP contribution in [0.5, 0.6) is 5.75 Å². The van der Waals surface area contributed by atoms with E-state index < -0.39 is 5.91 Å². The molecule has 0 spiro atoms. The van der Waals surface area contributed by atoms with Crippen LogP contribution in [0.2, 0.25) is 0 Å². The maximum Gasteiger partial charge on any atom is 0.255 e. The van der Waals surface area contributed by atoms with Gasteiger partial charge in [0.05, 0.1) is 0 Å². The van der Waals surface area contributed by atoms with Crippen LogP contribution in [0.25, 0.3) is 0 Å². The number of anilines is 1. The summed E-state index contributed by atoms with van der Waals surface area (Å²) in [5.41, 5.74) is 7.15. The molecule has 3 N–H and O–H groups in total. The van der Waals surface area contributed by atoms with E-state index in [4.69, 9.17) is 10.5 Å². The molecule has 6 heteroatoms. The third kappa shape index (κ3) is 5.06. The van der Waals surface area contributed by atoms with Crippen molar-refractivity contribution in [1.82, 2.24) is 0 Å². The van der Waals surface area contributed by atoms with Gasteiger partial charge in [-0.05, 0) is 51.8 Å².